The third-order valence-corrected chi connectivity index (χ3v) is 1.12. The van der Waals surface area contributed by atoms with Gasteiger partial charge in [-0.15, -0.1) is 0 Å². The fraction of sp³-hybridized carbons (Fsp3) is 0.600. The lowest BCUT2D eigenvalue weighted by Gasteiger charge is -2.14. The van der Waals surface area contributed by atoms with Crippen molar-refractivity contribution in [3.05, 3.63) is 5.92 Å². The van der Waals surface area contributed by atoms with E-state index < -0.39 is 0 Å². The van der Waals surface area contributed by atoms with Crippen LogP contribution >= 0.6 is 0 Å². The largest absolute Gasteiger partial charge is 0.198 e. The molecule has 0 aromatic heterocycles. The quantitative estimate of drug-likeness (QED) is 0.430. The van der Waals surface area contributed by atoms with Crippen molar-refractivity contribution in [2.24, 2.45) is 0 Å². The second-order valence-electron chi connectivity index (χ2n) is 1.57. The van der Waals surface area contributed by atoms with Crippen molar-refractivity contribution in [3.63, 3.8) is 0 Å². The van der Waals surface area contributed by atoms with Gasteiger partial charge in [0.25, 0.3) is 0 Å². The van der Waals surface area contributed by atoms with Crippen LogP contribution in [-0.2, 0) is 0 Å². The monoisotopic (exact) mass is 80.1 g/mol. The fourth-order valence-electron chi connectivity index (χ4n) is 0.465. The van der Waals surface area contributed by atoms with E-state index in [0.29, 0.717) is 0 Å². The van der Waals surface area contributed by atoms with Gasteiger partial charge in [0, 0.05) is 0 Å². The first kappa shape index (κ1) is 3.67. The lowest BCUT2D eigenvalue weighted by molar-refractivity contribution is 0.594. The van der Waals surface area contributed by atoms with Gasteiger partial charge >= 0.3 is 0 Å². The van der Waals surface area contributed by atoms with Gasteiger partial charge in [-0.3, -0.25) is 0 Å². The van der Waals surface area contributed by atoms with E-state index in [1.165, 1.54) is 6.42 Å². The van der Waals surface area contributed by atoms with E-state index >= 15 is 0 Å². The molecule has 0 spiro atoms. The lowest BCUT2D eigenvalue weighted by Crippen LogP contribution is -2.03. The Morgan fingerprint density at radius 3 is 2.17 bits per heavy atom. The molecular weight excluding hydrogens is 74.1 g/mol. The van der Waals surface area contributed by atoms with Crippen LogP contribution in [0, 0.1) is 17.2 Å². The van der Waals surface area contributed by atoms with E-state index in [2.05, 4.69) is 6.07 Å². The number of rotatable bonds is 0. The summed E-state index contributed by atoms with van der Waals surface area (Å²) in [5.41, 5.74) is 0. The molecule has 1 fully saturated rings. The molecule has 31 valence electrons. The van der Waals surface area contributed by atoms with E-state index in [9.17, 15) is 0 Å². The van der Waals surface area contributed by atoms with Gasteiger partial charge in [-0.25, -0.2) is 0 Å². The van der Waals surface area contributed by atoms with Crippen molar-refractivity contribution in [1.82, 2.24) is 0 Å². The molecule has 1 nitrogen and oxygen atoms in total. The minimum absolute atomic E-state index is 1.07. The van der Waals surface area contributed by atoms with Crippen LogP contribution in [0.25, 0.3) is 0 Å². The molecule has 1 aliphatic carbocycles. The van der Waals surface area contributed by atoms with Crippen molar-refractivity contribution in [2.45, 2.75) is 19.3 Å². The third-order valence-electron chi connectivity index (χ3n) is 1.12. The molecule has 1 saturated carbocycles. The normalized spacial score (nSPS) is 21.8. The molecule has 1 radical (unpaired) electrons. The summed E-state index contributed by atoms with van der Waals surface area (Å²) in [6, 6.07) is 2.12. The van der Waals surface area contributed by atoms with Crippen LogP contribution in [-0.4, -0.2) is 0 Å². The summed E-state index contributed by atoms with van der Waals surface area (Å²) >= 11 is 0. The Kier molecular flexibility index (Phi) is 0.795. The molecule has 0 heterocycles. The second-order valence-corrected chi connectivity index (χ2v) is 1.57. The van der Waals surface area contributed by atoms with Crippen molar-refractivity contribution in [2.75, 3.05) is 0 Å². The smallest absolute Gasteiger partial charge is 0.0760 e. The average Bonchev–Trinajstić information content (AvgIpc) is 1.31. The van der Waals surface area contributed by atoms with Crippen molar-refractivity contribution in [3.8, 4) is 6.07 Å². The molecule has 0 amide bonds. The average molecular weight is 80.1 g/mol. The number of hydrogen-bond acceptors (Lipinski definition) is 1. The van der Waals surface area contributed by atoms with Crippen LogP contribution in [0.2, 0.25) is 0 Å². The summed E-state index contributed by atoms with van der Waals surface area (Å²) in [5.74, 6) is 1.08. The van der Waals surface area contributed by atoms with Gasteiger partial charge in [0.15, 0.2) is 0 Å². The zero-order valence-electron chi connectivity index (χ0n) is 3.57. The van der Waals surface area contributed by atoms with Crippen molar-refractivity contribution >= 4 is 0 Å². The summed E-state index contributed by atoms with van der Waals surface area (Å²) in [5, 5.41) is 8.10. The number of nitrogens with zero attached hydrogens (tertiary/aromatic N) is 1. The maximum absolute atomic E-state index is 8.10. The lowest BCUT2D eigenvalue weighted by atomic mass is 9.87. The van der Waals surface area contributed by atoms with Gasteiger partial charge in [-0.05, 0) is 12.8 Å². The molecule has 1 heteroatoms. The minimum atomic E-state index is 1.07. The topological polar surface area (TPSA) is 23.8 Å². The predicted molar refractivity (Wildman–Crippen MR) is 22.7 cm³/mol. The summed E-state index contributed by atoms with van der Waals surface area (Å²) in [4.78, 5) is 0. The van der Waals surface area contributed by atoms with E-state index in [1.807, 2.05) is 0 Å². The molecule has 0 aromatic rings. The first-order chi connectivity index (χ1) is 2.93. The minimum Gasteiger partial charge on any atom is -0.198 e. The van der Waals surface area contributed by atoms with E-state index in [1.54, 1.807) is 0 Å². The Hall–Kier alpha value is -0.510. The van der Waals surface area contributed by atoms with Gasteiger partial charge in [0.2, 0.25) is 0 Å². The summed E-state index contributed by atoms with van der Waals surface area (Å²) in [7, 11) is 0. The fourth-order valence-corrected chi connectivity index (χ4v) is 0.465. The Morgan fingerprint density at radius 2 is 2.17 bits per heavy atom. The third kappa shape index (κ3) is 0.386. The first-order valence-electron chi connectivity index (χ1n) is 2.18. The highest BCUT2D eigenvalue weighted by atomic mass is 14.3. The molecule has 0 bridgehead atoms. The maximum Gasteiger partial charge on any atom is 0.0760 e. The number of nitriles is 1. The zero-order valence-corrected chi connectivity index (χ0v) is 3.57. The Balaban J connectivity index is 2.22. The van der Waals surface area contributed by atoms with E-state index in [-0.39, 0.29) is 0 Å². The first-order valence-corrected chi connectivity index (χ1v) is 2.18. The SMILES string of the molecule is N#C[C]1CCC1. The maximum atomic E-state index is 8.10. The molecule has 1 rings (SSSR count). The van der Waals surface area contributed by atoms with Gasteiger partial charge in [0.1, 0.15) is 0 Å². The molecule has 0 saturated heterocycles. The van der Waals surface area contributed by atoms with Crippen LogP contribution in [0.1, 0.15) is 19.3 Å². The van der Waals surface area contributed by atoms with E-state index in [4.69, 9.17) is 5.26 Å². The molecule has 1 aliphatic rings. The van der Waals surface area contributed by atoms with Crippen LogP contribution in [0.4, 0.5) is 0 Å². The Labute approximate surface area is 37.6 Å². The molecule has 0 aliphatic heterocycles. The Morgan fingerprint density at radius 1 is 1.50 bits per heavy atom. The highest BCUT2D eigenvalue weighted by Crippen LogP contribution is 2.26. The molecule has 0 N–H and O–H groups in total. The van der Waals surface area contributed by atoms with Gasteiger partial charge in [-0.2, -0.15) is 5.26 Å². The molecular formula is C5H6N. The van der Waals surface area contributed by atoms with Crippen LogP contribution < -0.4 is 0 Å². The highest BCUT2D eigenvalue weighted by Gasteiger charge is 2.16. The van der Waals surface area contributed by atoms with Gasteiger partial charge in [-0.1, -0.05) is 6.42 Å². The zero-order chi connectivity index (χ0) is 4.41. The molecule has 6 heavy (non-hydrogen) atoms. The van der Waals surface area contributed by atoms with Crippen LogP contribution in [0.3, 0.4) is 0 Å². The molecule has 0 aromatic carbocycles. The predicted octanol–water partition coefficient (Wildman–Crippen LogP) is 1.27. The van der Waals surface area contributed by atoms with E-state index in [0.717, 1.165) is 18.8 Å². The van der Waals surface area contributed by atoms with Crippen molar-refractivity contribution in [1.29, 1.82) is 5.26 Å². The van der Waals surface area contributed by atoms with Crippen molar-refractivity contribution < 1.29 is 0 Å². The summed E-state index contributed by atoms with van der Waals surface area (Å²) in [6.45, 7) is 0. The molecule has 0 atom stereocenters. The second kappa shape index (κ2) is 1.30. The highest BCUT2D eigenvalue weighted by molar-refractivity contribution is 5.16. The summed E-state index contributed by atoms with van der Waals surface area (Å²) < 4.78 is 0. The van der Waals surface area contributed by atoms with Gasteiger partial charge in [0.05, 0.1) is 12.0 Å². The van der Waals surface area contributed by atoms with Gasteiger partial charge < -0.3 is 0 Å². The Bertz CT molecular complexity index is 76.4. The number of hydrogen-bond donors (Lipinski definition) is 0. The van der Waals surface area contributed by atoms with Crippen LogP contribution in [0.15, 0.2) is 0 Å². The molecule has 0 unspecified atom stereocenters. The standard InChI is InChI=1S/C5H6N/c6-4-5-2-1-3-5/h1-3H2. The van der Waals surface area contributed by atoms with Crippen LogP contribution in [0.5, 0.6) is 0 Å². The summed E-state index contributed by atoms with van der Waals surface area (Å²) in [6.07, 6.45) is 3.37.